The SMILES string of the molecule is COc1ccc(CN(C)c2nccc3cc(Cl)ncc23)cc1. The molecule has 112 valence electrons. The van der Waals surface area contributed by atoms with Gasteiger partial charge in [-0.2, -0.15) is 0 Å². The van der Waals surface area contributed by atoms with Gasteiger partial charge in [0.25, 0.3) is 0 Å². The number of methoxy groups -OCH3 is 1. The number of anilines is 1. The summed E-state index contributed by atoms with van der Waals surface area (Å²) in [4.78, 5) is 10.7. The van der Waals surface area contributed by atoms with Crippen molar-refractivity contribution in [2.24, 2.45) is 0 Å². The highest BCUT2D eigenvalue weighted by Gasteiger charge is 2.09. The molecule has 0 N–H and O–H groups in total. The molecule has 0 amide bonds. The zero-order valence-electron chi connectivity index (χ0n) is 12.5. The molecule has 0 atom stereocenters. The first-order valence-electron chi connectivity index (χ1n) is 6.91. The number of fused-ring (bicyclic) bond motifs is 1. The van der Waals surface area contributed by atoms with Crippen LogP contribution in [0.3, 0.4) is 0 Å². The third-order valence-corrected chi connectivity index (χ3v) is 3.74. The molecule has 2 heterocycles. The molecule has 0 saturated heterocycles. The lowest BCUT2D eigenvalue weighted by molar-refractivity contribution is 0.414. The number of rotatable bonds is 4. The lowest BCUT2D eigenvalue weighted by Gasteiger charge is -2.20. The number of nitrogens with zero attached hydrogens (tertiary/aromatic N) is 3. The van der Waals surface area contributed by atoms with Crippen LogP contribution in [-0.2, 0) is 6.54 Å². The predicted molar refractivity (Wildman–Crippen MR) is 89.6 cm³/mol. The highest BCUT2D eigenvalue weighted by molar-refractivity contribution is 6.30. The Balaban J connectivity index is 1.89. The molecule has 0 spiro atoms. The van der Waals surface area contributed by atoms with Crippen LogP contribution in [0.1, 0.15) is 5.56 Å². The summed E-state index contributed by atoms with van der Waals surface area (Å²) < 4.78 is 5.18. The van der Waals surface area contributed by atoms with Gasteiger partial charge in [-0.05, 0) is 35.2 Å². The Bertz CT molecular complexity index is 790. The van der Waals surface area contributed by atoms with Crippen molar-refractivity contribution in [2.75, 3.05) is 19.1 Å². The monoisotopic (exact) mass is 313 g/mol. The molecule has 0 saturated carbocycles. The summed E-state index contributed by atoms with van der Waals surface area (Å²) in [5.74, 6) is 1.74. The Labute approximate surface area is 134 Å². The number of aromatic nitrogens is 2. The molecular formula is C17H16ClN3O. The van der Waals surface area contributed by atoms with E-state index in [1.165, 1.54) is 5.56 Å². The van der Waals surface area contributed by atoms with E-state index in [4.69, 9.17) is 16.3 Å². The van der Waals surface area contributed by atoms with Gasteiger partial charge in [-0.25, -0.2) is 9.97 Å². The lowest BCUT2D eigenvalue weighted by Crippen LogP contribution is -2.18. The molecule has 2 aromatic heterocycles. The van der Waals surface area contributed by atoms with Gasteiger partial charge in [0.2, 0.25) is 0 Å². The normalized spacial score (nSPS) is 10.7. The van der Waals surface area contributed by atoms with Gasteiger partial charge in [-0.1, -0.05) is 23.7 Å². The van der Waals surface area contributed by atoms with Crippen molar-refractivity contribution >= 4 is 28.2 Å². The van der Waals surface area contributed by atoms with E-state index in [2.05, 4.69) is 27.0 Å². The van der Waals surface area contributed by atoms with Gasteiger partial charge in [0, 0.05) is 31.4 Å². The smallest absolute Gasteiger partial charge is 0.138 e. The summed E-state index contributed by atoms with van der Waals surface area (Å²) in [5.41, 5.74) is 1.18. The third-order valence-electron chi connectivity index (χ3n) is 3.53. The molecule has 0 aliphatic heterocycles. The zero-order chi connectivity index (χ0) is 15.5. The number of hydrogen-bond acceptors (Lipinski definition) is 4. The molecule has 4 nitrogen and oxygen atoms in total. The first-order valence-corrected chi connectivity index (χ1v) is 7.29. The van der Waals surface area contributed by atoms with Gasteiger partial charge in [0.05, 0.1) is 7.11 Å². The maximum Gasteiger partial charge on any atom is 0.138 e. The number of ether oxygens (including phenoxy) is 1. The molecule has 3 aromatic rings. The van der Waals surface area contributed by atoms with E-state index in [9.17, 15) is 0 Å². The summed E-state index contributed by atoms with van der Waals surface area (Å²) in [7, 11) is 3.68. The minimum atomic E-state index is 0.488. The molecule has 0 aliphatic carbocycles. The number of pyridine rings is 2. The number of hydrogen-bond donors (Lipinski definition) is 0. The minimum absolute atomic E-state index is 0.488. The summed E-state index contributed by atoms with van der Waals surface area (Å²) in [6, 6.07) is 11.8. The summed E-state index contributed by atoms with van der Waals surface area (Å²) in [6.45, 7) is 0.749. The van der Waals surface area contributed by atoms with Crippen LogP contribution in [0.2, 0.25) is 5.15 Å². The fraction of sp³-hybridized carbons (Fsp3) is 0.176. The van der Waals surface area contributed by atoms with Crippen LogP contribution >= 0.6 is 11.6 Å². The van der Waals surface area contributed by atoms with Crippen LogP contribution in [0.15, 0.2) is 48.8 Å². The second-order valence-corrected chi connectivity index (χ2v) is 5.45. The molecule has 5 heteroatoms. The zero-order valence-corrected chi connectivity index (χ0v) is 13.2. The maximum absolute atomic E-state index is 5.95. The second-order valence-electron chi connectivity index (χ2n) is 5.07. The highest BCUT2D eigenvalue weighted by atomic mass is 35.5. The van der Waals surface area contributed by atoms with Gasteiger partial charge in [-0.15, -0.1) is 0 Å². The van der Waals surface area contributed by atoms with Crippen LogP contribution in [0, 0.1) is 0 Å². The highest BCUT2D eigenvalue weighted by Crippen LogP contribution is 2.25. The van der Waals surface area contributed by atoms with Crippen LogP contribution in [0.5, 0.6) is 5.75 Å². The summed E-state index contributed by atoms with van der Waals surface area (Å²) >= 11 is 5.95. The molecular weight excluding hydrogens is 298 g/mol. The minimum Gasteiger partial charge on any atom is -0.497 e. The van der Waals surface area contributed by atoms with Crippen molar-refractivity contribution in [2.45, 2.75) is 6.54 Å². The largest absolute Gasteiger partial charge is 0.497 e. The van der Waals surface area contributed by atoms with Crippen molar-refractivity contribution in [3.8, 4) is 5.75 Å². The van der Waals surface area contributed by atoms with E-state index in [-0.39, 0.29) is 0 Å². The molecule has 3 rings (SSSR count). The topological polar surface area (TPSA) is 38.2 Å². The van der Waals surface area contributed by atoms with Gasteiger partial charge in [0.1, 0.15) is 16.7 Å². The van der Waals surface area contributed by atoms with Gasteiger partial charge in [-0.3, -0.25) is 0 Å². The molecule has 0 aliphatic rings. The predicted octanol–water partition coefficient (Wildman–Crippen LogP) is 3.93. The van der Waals surface area contributed by atoms with E-state index >= 15 is 0 Å². The van der Waals surface area contributed by atoms with Gasteiger partial charge < -0.3 is 9.64 Å². The van der Waals surface area contributed by atoms with Crippen molar-refractivity contribution in [1.82, 2.24) is 9.97 Å². The lowest BCUT2D eigenvalue weighted by atomic mass is 10.2. The van der Waals surface area contributed by atoms with E-state index < -0.39 is 0 Å². The van der Waals surface area contributed by atoms with Gasteiger partial charge >= 0.3 is 0 Å². The van der Waals surface area contributed by atoms with Crippen molar-refractivity contribution in [1.29, 1.82) is 0 Å². The first kappa shape index (κ1) is 14.6. The Kier molecular flexibility index (Phi) is 4.11. The first-order chi connectivity index (χ1) is 10.7. The number of benzene rings is 1. The van der Waals surface area contributed by atoms with Crippen molar-refractivity contribution in [3.63, 3.8) is 0 Å². The second kappa shape index (κ2) is 6.20. The van der Waals surface area contributed by atoms with Crippen LogP contribution in [0.4, 0.5) is 5.82 Å². The molecule has 0 bridgehead atoms. The Morgan fingerprint density at radius 1 is 1.14 bits per heavy atom. The van der Waals surface area contributed by atoms with E-state index in [1.54, 1.807) is 19.5 Å². The maximum atomic E-state index is 5.95. The standard InChI is InChI=1S/C17H16ClN3O/c1-21(11-12-3-5-14(22-2)6-4-12)17-15-10-20-16(18)9-13(15)7-8-19-17/h3-10H,11H2,1-2H3. The van der Waals surface area contributed by atoms with Crippen LogP contribution in [0.25, 0.3) is 10.8 Å². The number of halogens is 1. The third kappa shape index (κ3) is 2.97. The molecule has 0 radical (unpaired) electrons. The van der Waals surface area contributed by atoms with Crippen LogP contribution < -0.4 is 9.64 Å². The van der Waals surface area contributed by atoms with E-state index in [1.807, 2.05) is 31.3 Å². The quantitative estimate of drug-likeness (QED) is 0.684. The van der Waals surface area contributed by atoms with Crippen molar-refractivity contribution < 1.29 is 4.74 Å². The van der Waals surface area contributed by atoms with Crippen LogP contribution in [-0.4, -0.2) is 24.1 Å². The summed E-state index contributed by atoms with van der Waals surface area (Å²) in [6.07, 6.45) is 3.56. The van der Waals surface area contributed by atoms with E-state index in [0.29, 0.717) is 5.15 Å². The average Bonchev–Trinajstić information content (AvgIpc) is 2.54. The fourth-order valence-electron chi connectivity index (χ4n) is 2.41. The molecule has 1 aromatic carbocycles. The van der Waals surface area contributed by atoms with Gasteiger partial charge in [0.15, 0.2) is 0 Å². The molecule has 0 fully saturated rings. The molecule has 0 unspecified atom stereocenters. The Morgan fingerprint density at radius 3 is 2.64 bits per heavy atom. The molecule has 22 heavy (non-hydrogen) atoms. The van der Waals surface area contributed by atoms with E-state index in [0.717, 1.165) is 28.9 Å². The Hall–Kier alpha value is -2.33. The Morgan fingerprint density at radius 2 is 1.91 bits per heavy atom. The summed E-state index contributed by atoms with van der Waals surface area (Å²) in [5, 5.41) is 2.51. The average molecular weight is 314 g/mol. The van der Waals surface area contributed by atoms with Crippen molar-refractivity contribution in [3.05, 3.63) is 59.5 Å². The fourth-order valence-corrected chi connectivity index (χ4v) is 2.58.